The lowest BCUT2D eigenvalue weighted by Gasteiger charge is -2.25. The summed E-state index contributed by atoms with van der Waals surface area (Å²) in [5.74, 6) is 2.94. The van der Waals surface area contributed by atoms with Crippen LogP contribution in [0.15, 0.2) is 23.9 Å². The van der Waals surface area contributed by atoms with Gasteiger partial charge in [-0.15, -0.1) is 0 Å². The highest BCUT2D eigenvalue weighted by Crippen LogP contribution is 2.24. The van der Waals surface area contributed by atoms with Crippen molar-refractivity contribution in [1.29, 1.82) is 0 Å². The fourth-order valence-corrected chi connectivity index (χ4v) is 2.33. The molecule has 0 amide bonds. The summed E-state index contributed by atoms with van der Waals surface area (Å²) in [6, 6.07) is 3.69. The third-order valence-corrected chi connectivity index (χ3v) is 3.08. The Balaban J connectivity index is 2.12. The van der Waals surface area contributed by atoms with Crippen LogP contribution < -0.4 is 0 Å². The average Bonchev–Trinajstić information content (AvgIpc) is 2.65. The van der Waals surface area contributed by atoms with E-state index in [0.717, 1.165) is 6.54 Å². The molecule has 1 unspecified atom stereocenters. The number of hydrogen-bond acceptors (Lipinski definition) is 2. The summed E-state index contributed by atoms with van der Waals surface area (Å²) in [5, 5.41) is 0. The van der Waals surface area contributed by atoms with E-state index in [4.69, 9.17) is 0 Å². The molecule has 0 N–H and O–H groups in total. The van der Waals surface area contributed by atoms with Crippen molar-refractivity contribution in [3.05, 3.63) is 23.9 Å². The summed E-state index contributed by atoms with van der Waals surface area (Å²) in [6.45, 7) is 4.02. The van der Waals surface area contributed by atoms with E-state index >= 15 is 0 Å². The van der Waals surface area contributed by atoms with Gasteiger partial charge in [0.1, 0.15) is 0 Å². The highest BCUT2D eigenvalue weighted by atomic mass is 15.2. The molecule has 0 radical (unpaired) electrons. The van der Waals surface area contributed by atoms with Gasteiger partial charge in [0, 0.05) is 24.8 Å². The highest BCUT2D eigenvalue weighted by molar-refractivity contribution is 5.30. The van der Waals surface area contributed by atoms with Gasteiger partial charge in [-0.25, -0.2) is 0 Å². The summed E-state index contributed by atoms with van der Waals surface area (Å²) in [5.41, 5.74) is 1.41. The number of hydrogen-bond donors (Lipinski definition) is 0. The predicted octanol–water partition coefficient (Wildman–Crippen LogP) is 1.82. The molecule has 0 bridgehead atoms. The maximum absolute atomic E-state index is 3.09. The van der Waals surface area contributed by atoms with Gasteiger partial charge in [-0.2, -0.15) is 0 Å². The van der Waals surface area contributed by atoms with Crippen molar-refractivity contribution in [2.45, 2.75) is 25.8 Å². The van der Waals surface area contributed by atoms with Crippen molar-refractivity contribution >= 4 is 0 Å². The lowest BCUT2D eigenvalue weighted by atomic mass is 10.0. The molecule has 2 rings (SSSR count). The molecule has 2 aliphatic heterocycles. The average molecular weight is 202 g/mol. The van der Waals surface area contributed by atoms with E-state index in [0.29, 0.717) is 6.04 Å². The second-order valence-corrected chi connectivity index (χ2v) is 4.18. The van der Waals surface area contributed by atoms with E-state index in [1.807, 2.05) is 6.92 Å². The van der Waals surface area contributed by atoms with E-state index in [9.17, 15) is 0 Å². The predicted molar refractivity (Wildman–Crippen MR) is 63.0 cm³/mol. The summed E-state index contributed by atoms with van der Waals surface area (Å²) >= 11 is 0. The van der Waals surface area contributed by atoms with Gasteiger partial charge in [0.2, 0.25) is 0 Å². The second-order valence-electron chi connectivity index (χ2n) is 4.18. The first-order chi connectivity index (χ1) is 7.31. The molecule has 80 valence electrons. The van der Waals surface area contributed by atoms with Crippen LogP contribution in [0.25, 0.3) is 0 Å². The normalized spacial score (nSPS) is 26.1. The Hall–Kier alpha value is -1.20. The molecule has 2 aliphatic rings. The maximum atomic E-state index is 3.09. The molecule has 1 saturated heterocycles. The minimum absolute atomic E-state index is 0.600. The molecule has 0 spiro atoms. The molecule has 2 heterocycles. The largest absolute Gasteiger partial charge is 0.304 e. The number of likely N-dealkylation sites (tertiary alicyclic amines) is 1. The molecule has 1 atom stereocenters. The zero-order chi connectivity index (χ0) is 10.7. The van der Waals surface area contributed by atoms with Crippen LogP contribution in [0.1, 0.15) is 19.8 Å². The Morgan fingerprint density at radius 3 is 3.00 bits per heavy atom. The zero-order valence-electron chi connectivity index (χ0n) is 9.53. The van der Waals surface area contributed by atoms with E-state index in [-0.39, 0.29) is 0 Å². The van der Waals surface area contributed by atoms with Gasteiger partial charge < -0.3 is 4.90 Å². The van der Waals surface area contributed by atoms with Crippen LogP contribution in [0.2, 0.25) is 0 Å². The Bertz CT molecular complexity index is 343. The van der Waals surface area contributed by atoms with Gasteiger partial charge >= 0.3 is 0 Å². The van der Waals surface area contributed by atoms with Gasteiger partial charge in [-0.1, -0.05) is 18.1 Å². The van der Waals surface area contributed by atoms with Crippen LogP contribution in [-0.4, -0.2) is 36.0 Å². The third kappa shape index (κ3) is 2.24. The van der Waals surface area contributed by atoms with Gasteiger partial charge in [-0.05, 0) is 38.9 Å². The molecule has 0 aromatic rings. The molecular weight excluding hydrogens is 184 g/mol. The molecule has 0 saturated carbocycles. The first kappa shape index (κ1) is 10.3. The third-order valence-electron chi connectivity index (χ3n) is 3.08. The molecule has 1 fully saturated rings. The maximum Gasteiger partial charge on any atom is 0.0492 e. The Morgan fingerprint density at radius 2 is 2.33 bits per heavy atom. The lowest BCUT2D eigenvalue weighted by molar-refractivity contribution is 0.344. The van der Waals surface area contributed by atoms with E-state index < -0.39 is 0 Å². The smallest absolute Gasteiger partial charge is 0.0492 e. The topological polar surface area (TPSA) is 6.48 Å². The molecule has 15 heavy (non-hydrogen) atoms. The van der Waals surface area contributed by atoms with Crippen molar-refractivity contribution in [2.24, 2.45) is 0 Å². The van der Waals surface area contributed by atoms with Gasteiger partial charge in [0.25, 0.3) is 0 Å². The van der Waals surface area contributed by atoms with Crippen molar-refractivity contribution < 1.29 is 0 Å². The molecule has 2 nitrogen and oxygen atoms in total. The first-order valence-electron chi connectivity index (χ1n) is 5.59. The molecule has 0 aliphatic carbocycles. The summed E-state index contributed by atoms with van der Waals surface area (Å²) in [4.78, 5) is 4.50. The number of nitrogens with zero attached hydrogens (tertiary/aromatic N) is 2. The van der Waals surface area contributed by atoms with Crippen LogP contribution in [0.3, 0.4) is 0 Å². The second kappa shape index (κ2) is 4.55. The summed E-state index contributed by atoms with van der Waals surface area (Å²) in [7, 11) is 2.21. The van der Waals surface area contributed by atoms with E-state index in [1.54, 1.807) is 0 Å². The van der Waals surface area contributed by atoms with Gasteiger partial charge in [0.05, 0.1) is 0 Å². The first-order valence-corrected chi connectivity index (χ1v) is 5.59. The van der Waals surface area contributed by atoms with Crippen molar-refractivity contribution in [3.8, 4) is 12.0 Å². The van der Waals surface area contributed by atoms with Crippen LogP contribution in [0.4, 0.5) is 0 Å². The Morgan fingerprint density at radius 1 is 1.47 bits per heavy atom. The lowest BCUT2D eigenvalue weighted by Crippen LogP contribution is -2.28. The number of likely N-dealkylation sites (N-methyl/N-ethyl adjacent to an activating group) is 1. The molecular formula is C13H18N2. The SMILES string of the molecule is CC#CN1C=C(C2CCCN2C)C=CC1. The van der Waals surface area contributed by atoms with Crippen LogP contribution in [0.5, 0.6) is 0 Å². The quantitative estimate of drug-likeness (QED) is 0.598. The van der Waals surface area contributed by atoms with Crippen LogP contribution in [0, 0.1) is 12.0 Å². The standard InChI is InChI=1S/C13H18N2/c1-3-8-15-10-4-6-12(11-15)13-7-5-9-14(13)2/h4,6,11,13H,5,7,9-10H2,1-2H3. The van der Waals surface area contributed by atoms with Crippen LogP contribution >= 0.6 is 0 Å². The Kier molecular flexibility index (Phi) is 3.13. The highest BCUT2D eigenvalue weighted by Gasteiger charge is 2.24. The van der Waals surface area contributed by atoms with Crippen molar-refractivity contribution in [3.63, 3.8) is 0 Å². The van der Waals surface area contributed by atoms with Gasteiger partial charge in [-0.3, -0.25) is 4.90 Å². The van der Waals surface area contributed by atoms with E-state index in [1.165, 1.54) is 25.0 Å². The minimum Gasteiger partial charge on any atom is -0.304 e. The number of rotatable bonds is 1. The summed E-state index contributed by atoms with van der Waals surface area (Å²) < 4.78 is 0. The molecule has 0 aromatic carbocycles. The van der Waals surface area contributed by atoms with Crippen LogP contribution in [-0.2, 0) is 0 Å². The van der Waals surface area contributed by atoms with Gasteiger partial charge in [0.15, 0.2) is 0 Å². The fourth-order valence-electron chi connectivity index (χ4n) is 2.33. The fraction of sp³-hybridized carbons (Fsp3) is 0.538. The van der Waals surface area contributed by atoms with Crippen molar-refractivity contribution in [1.82, 2.24) is 9.80 Å². The Labute approximate surface area is 92.2 Å². The molecule has 2 heteroatoms. The summed E-state index contributed by atoms with van der Waals surface area (Å²) in [6.07, 6.45) is 9.24. The zero-order valence-corrected chi connectivity index (χ0v) is 9.53. The van der Waals surface area contributed by atoms with Crippen molar-refractivity contribution in [2.75, 3.05) is 20.1 Å². The molecule has 0 aromatic heterocycles. The monoisotopic (exact) mass is 202 g/mol. The van der Waals surface area contributed by atoms with E-state index in [2.05, 4.69) is 47.2 Å². The minimum atomic E-state index is 0.600.